The van der Waals surface area contributed by atoms with Crippen LogP contribution in [0.3, 0.4) is 0 Å². The Morgan fingerprint density at radius 2 is 2.00 bits per heavy atom. The largest absolute Gasteiger partial charge is 0.383 e. The van der Waals surface area contributed by atoms with Crippen LogP contribution in [0, 0.1) is 0 Å². The molecule has 102 valence electrons. The first-order valence-electron chi connectivity index (χ1n) is 6.43. The molecule has 5 heteroatoms. The van der Waals surface area contributed by atoms with Crippen molar-refractivity contribution >= 4 is 16.8 Å². The Labute approximate surface area is 116 Å². The van der Waals surface area contributed by atoms with Crippen LogP contribution in [-0.4, -0.2) is 30.4 Å². The van der Waals surface area contributed by atoms with E-state index in [9.17, 15) is 0 Å². The second-order valence-corrected chi connectivity index (χ2v) is 4.37. The average Bonchev–Trinajstić information content (AvgIpc) is 2.96. The van der Waals surface area contributed by atoms with Crippen molar-refractivity contribution in [2.24, 2.45) is 0 Å². The van der Waals surface area contributed by atoms with Gasteiger partial charge in [-0.2, -0.15) is 4.98 Å². The van der Waals surface area contributed by atoms with Crippen molar-refractivity contribution in [1.82, 2.24) is 10.1 Å². The zero-order valence-electron chi connectivity index (χ0n) is 11.2. The molecule has 0 amide bonds. The standard InChI is InChI=1S/C15H15N3O2/c1-19-10-9-16-15-17-14(18-20-15)13-8-4-6-11-5-2-3-7-12(11)13/h2-8H,9-10H2,1H3,(H,16,17,18). The second kappa shape index (κ2) is 5.71. The molecule has 0 aliphatic heterocycles. The van der Waals surface area contributed by atoms with Crippen LogP contribution in [0.25, 0.3) is 22.2 Å². The molecule has 3 rings (SSSR count). The van der Waals surface area contributed by atoms with Gasteiger partial charge in [0.2, 0.25) is 5.82 Å². The van der Waals surface area contributed by atoms with Gasteiger partial charge in [-0.15, -0.1) is 0 Å². The number of anilines is 1. The van der Waals surface area contributed by atoms with Gasteiger partial charge in [0.15, 0.2) is 0 Å². The van der Waals surface area contributed by atoms with Crippen molar-refractivity contribution in [3.05, 3.63) is 42.5 Å². The lowest BCUT2D eigenvalue weighted by molar-refractivity contribution is 0.210. The van der Waals surface area contributed by atoms with Gasteiger partial charge in [-0.25, -0.2) is 0 Å². The fourth-order valence-electron chi connectivity index (χ4n) is 2.09. The minimum atomic E-state index is 0.407. The first-order valence-corrected chi connectivity index (χ1v) is 6.43. The summed E-state index contributed by atoms with van der Waals surface area (Å²) in [6, 6.07) is 14.6. The zero-order valence-corrected chi connectivity index (χ0v) is 11.2. The van der Waals surface area contributed by atoms with E-state index in [2.05, 4.69) is 33.7 Å². The van der Waals surface area contributed by atoms with Gasteiger partial charge in [0.1, 0.15) is 0 Å². The van der Waals surface area contributed by atoms with Crippen LogP contribution in [0.2, 0.25) is 0 Å². The normalized spacial score (nSPS) is 10.8. The Hall–Kier alpha value is -2.40. The van der Waals surface area contributed by atoms with E-state index in [4.69, 9.17) is 9.26 Å². The number of hydrogen-bond donors (Lipinski definition) is 1. The summed E-state index contributed by atoms with van der Waals surface area (Å²) in [7, 11) is 1.65. The summed E-state index contributed by atoms with van der Waals surface area (Å²) < 4.78 is 10.1. The van der Waals surface area contributed by atoms with Crippen molar-refractivity contribution in [2.45, 2.75) is 0 Å². The van der Waals surface area contributed by atoms with Gasteiger partial charge in [-0.05, 0) is 10.8 Å². The number of fused-ring (bicyclic) bond motifs is 1. The lowest BCUT2D eigenvalue weighted by Crippen LogP contribution is -2.07. The van der Waals surface area contributed by atoms with Gasteiger partial charge in [0.05, 0.1) is 6.61 Å². The molecule has 0 saturated heterocycles. The zero-order chi connectivity index (χ0) is 13.8. The highest BCUT2D eigenvalue weighted by molar-refractivity contribution is 5.94. The summed E-state index contributed by atoms with van der Waals surface area (Å²) in [5, 5.41) is 9.31. The number of nitrogens with one attached hydrogen (secondary N) is 1. The lowest BCUT2D eigenvalue weighted by Gasteiger charge is -2.01. The fraction of sp³-hybridized carbons (Fsp3) is 0.200. The molecule has 1 N–H and O–H groups in total. The third-order valence-corrected chi connectivity index (χ3v) is 3.04. The van der Waals surface area contributed by atoms with Gasteiger partial charge >= 0.3 is 6.01 Å². The molecule has 0 fully saturated rings. The maximum atomic E-state index is 5.19. The summed E-state index contributed by atoms with van der Waals surface area (Å²) in [6.07, 6.45) is 0. The van der Waals surface area contributed by atoms with Crippen LogP contribution in [0.5, 0.6) is 0 Å². The number of benzene rings is 2. The van der Waals surface area contributed by atoms with E-state index in [-0.39, 0.29) is 0 Å². The predicted octanol–water partition coefficient (Wildman–Crippen LogP) is 2.95. The van der Waals surface area contributed by atoms with Gasteiger partial charge < -0.3 is 14.6 Å². The third kappa shape index (κ3) is 2.48. The highest BCUT2D eigenvalue weighted by atomic mass is 16.5. The minimum absolute atomic E-state index is 0.407. The molecule has 0 bridgehead atoms. The van der Waals surface area contributed by atoms with Crippen LogP contribution in [-0.2, 0) is 4.74 Å². The molecule has 0 radical (unpaired) electrons. The number of rotatable bonds is 5. The van der Waals surface area contributed by atoms with Gasteiger partial charge in [-0.3, -0.25) is 0 Å². The van der Waals surface area contributed by atoms with Crippen LogP contribution in [0.4, 0.5) is 6.01 Å². The molecule has 0 aliphatic rings. The van der Waals surface area contributed by atoms with Crippen molar-refractivity contribution in [2.75, 3.05) is 25.6 Å². The van der Waals surface area contributed by atoms with Crippen molar-refractivity contribution in [3.8, 4) is 11.4 Å². The number of nitrogens with zero attached hydrogens (tertiary/aromatic N) is 2. The monoisotopic (exact) mass is 269 g/mol. The maximum absolute atomic E-state index is 5.19. The van der Waals surface area contributed by atoms with Crippen molar-refractivity contribution < 1.29 is 9.26 Å². The molecule has 1 heterocycles. The summed E-state index contributed by atoms with van der Waals surface area (Å²) in [6.45, 7) is 1.22. The lowest BCUT2D eigenvalue weighted by atomic mass is 10.0. The van der Waals surface area contributed by atoms with E-state index in [1.807, 2.05) is 24.3 Å². The Morgan fingerprint density at radius 3 is 2.90 bits per heavy atom. The Morgan fingerprint density at radius 1 is 1.15 bits per heavy atom. The molecule has 0 aliphatic carbocycles. The first-order chi connectivity index (χ1) is 9.88. The minimum Gasteiger partial charge on any atom is -0.383 e. The molecule has 20 heavy (non-hydrogen) atoms. The molecule has 5 nitrogen and oxygen atoms in total. The van der Waals surface area contributed by atoms with E-state index in [1.54, 1.807) is 7.11 Å². The second-order valence-electron chi connectivity index (χ2n) is 4.37. The van der Waals surface area contributed by atoms with Crippen LogP contribution < -0.4 is 5.32 Å². The highest BCUT2D eigenvalue weighted by Gasteiger charge is 2.10. The molecule has 1 aromatic heterocycles. The summed E-state index contributed by atoms with van der Waals surface area (Å²) >= 11 is 0. The number of hydrogen-bond acceptors (Lipinski definition) is 5. The fourth-order valence-corrected chi connectivity index (χ4v) is 2.09. The number of aromatic nitrogens is 2. The molecule has 0 spiro atoms. The summed E-state index contributed by atoms with van der Waals surface area (Å²) in [5.74, 6) is 0.585. The molecule has 0 atom stereocenters. The molecular formula is C15H15N3O2. The average molecular weight is 269 g/mol. The number of ether oxygens (including phenoxy) is 1. The van der Waals surface area contributed by atoms with E-state index in [0.29, 0.717) is 25.0 Å². The number of methoxy groups -OCH3 is 1. The maximum Gasteiger partial charge on any atom is 0.321 e. The third-order valence-electron chi connectivity index (χ3n) is 3.04. The molecule has 0 unspecified atom stereocenters. The van der Waals surface area contributed by atoms with Crippen molar-refractivity contribution in [1.29, 1.82) is 0 Å². The topological polar surface area (TPSA) is 60.2 Å². The van der Waals surface area contributed by atoms with Gasteiger partial charge in [0, 0.05) is 19.2 Å². The molecular weight excluding hydrogens is 254 g/mol. The Kier molecular flexibility index (Phi) is 3.60. The Balaban J connectivity index is 1.91. The van der Waals surface area contributed by atoms with Gasteiger partial charge in [0.25, 0.3) is 0 Å². The van der Waals surface area contributed by atoms with Crippen LogP contribution in [0.1, 0.15) is 0 Å². The van der Waals surface area contributed by atoms with Crippen LogP contribution >= 0.6 is 0 Å². The molecule has 3 aromatic rings. The molecule has 0 saturated carbocycles. The quantitative estimate of drug-likeness (QED) is 0.722. The Bertz CT molecular complexity index is 704. The van der Waals surface area contributed by atoms with E-state index < -0.39 is 0 Å². The van der Waals surface area contributed by atoms with Crippen LogP contribution in [0.15, 0.2) is 47.0 Å². The van der Waals surface area contributed by atoms with E-state index in [1.165, 1.54) is 0 Å². The summed E-state index contributed by atoms with van der Waals surface area (Å²) in [5.41, 5.74) is 0.964. The smallest absolute Gasteiger partial charge is 0.321 e. The highest BCUT2D eigenvalue weighted by Crippen LogP contribution is 2.26. The van der Waals surface area contributed by atoms with Crippen molar-refractivity contribution in [3.63, 3.8) is 0 Å². The summed E-state index contributed by atoms with van der Waals surface area (Å²) in [4.78, 5) is 4.36. The van der Waals surface area contributed by atoms with E-state index in [0.717, 1.165) is 16.3 Å². The molecule has 2 aromatic carbocycles. The van der Waals surface area contributed by atoms with Gasteiger partial charge in [-0.1, -0.05) is 47.6 Å². The predicted molar refractivity (Wildman–Crippen MR) is 77.6 cm³/mol. The van der Waals surface area contributed by atoms with E-state index >= 15 is 0 Å². The SMILES string of the molecule is COCCNc1nc(-c2cccc3ccccc23)no1. The first kappa shape index (κ1) is 12.6.